The Balaban J connectivity index is 1.68. The SMILES string of the molecule is COCC1(COC)CSc2c(-c3ccc(F)cc3)c(C)cc3c(N4C[C@@H](C)N(C(=O)OC(C)(C)C)[C@@H](C)C4)nc(=O)n(c23)C1. The zero-order valence-electron chi connectivity index (χ0n) is 26.9. The highest BCUT2D eigenvalue weighted by atomic mass is 32.2. The molecule has 2 aliphatic rings. The van der Waals surface area contributed by atoms with Crippen LogP contribution in [0.25, 0.3) is 22.0 Å². The van der Waals surface area contributed by atoms with Gasteiger partial charge in [-0.05, 0) is 70.9 Å². The number of benzene rings is 2. The number of methoxy groups -OCH3 is 2. The molecule has 1 fully saturated rings. The molecule has 3 aromatic rings. The number of hydrogen-bond acceptors (Lipinski definition) is 8. The summed E-state index contributed by atoms with van der Waals surface area (Å²) in [6.45, 7) is 13.8. The minimum Gasteiger partial charge on any atom is -0.444 e. The van der Waals surface area contributed by atoms with Gasteiger partial charge in [0.05, 0.1) is 30.8 Å². The Morgan fingerprint density at radius 1 is 1.09 bits per heavy atom. The average molecular weight is 627 g/mol. The average Bonchev–Trinajstić information content (AvgIpc) is 3.09. The summed E-state index contributed by atoms with van der Waals surface area (Å²) in [7, 11) is 3.32. The van der Waals surface area contributed by atoms with E-state index in [1.54, 1.807) is 47.6 Å². The monoisotopic (exact) mass is 626 g/mol. The van der Waals surface area contributed by atoms with Crippen LogP contribution in [0.2, 0.25) is 0 Å². The molecule has 11 heteroatoms. The van der Waals surface area contributed by atoms with E-state index in [2.05, 4.69) is 11.0 Å². The van der Waals surface area contributed by atoms with Crippen molar-refractivity contribution in [1.29, 1.82) is 0 Å². The largest absolute Gasteiger partial charge is 0.444 e. The molecular weight excluding hydrogens is 583 g/mol. The number of carbonyl (C=O) groups is 1. The highest BCUT2D eigenvalue weighted by Crippen LogP contribution is 2.46. The van der Waals surface area contributed by atoms with Gasteiger partial charge in [0.1, 0.15) is 17.2 Å². The summed E-state index contributed by atoms with van der Waals surface area (Å²) >= 11 is 1.67. The zero-order chi connectivity index (χ0) is 32.0. The Bertz CT molecular complexity index is 1590. The number of carbonyl (C=O) groups excluding carboxylic acids is 1. The summed E-state index contributed by atoms with van der Waals surface area (Å²) in [6, 6.07) is 8.24. The van der Waals surface area contributed by atoms with E-state index < -0.39 is 11.0 Å². The first-order chi connectivity index (χ1) is 20.8. The maximum absolute atomic E-state index is 14.0. The molecule has 2 aromatic carbocycles. The molecule has 1 aromatic heterocycles. The molecule has 2 atom stereocenters. The van der Waals surface area contributed by atoms with Crippen molar-refractivity contribution in [3.05, 3.63) is 52.2 Å². The lowest BCUT2D eigenvalue weighted by atomic mass is 9.92. The fourth-order valence-electron chi connectivity index (χ4n) is 6.63. The number of anilines is 1. The molecule has 0 N–H and O–H groups in total. The topological polar surface area (TPSA) is 86.1 Å². The third-order valence-electron chi connectivity index (χ3n) is 8.27. The van der Waals surface area contributed by atoms with Gasteiger partial charge in [-0.3, -0.25) is 9.47 Å². The number of halogens is 1. The van der Waals surface area contributed by atoms with E-state index in [1.165, 1.54) is 12.1 Å². The van der Waals surface area contributed by atoms with Crippen LogP contribution in [0.5, 0.6) is 0 Å². The molecule has 0 radical (unpaired) electrons. The highest BCUT2D eigenvalue weighted by molar-refractivity contribution is 7.99. The van der Waals surface area contributed by atoms with Crippen molar-refractivity contribution in [3.8, 4) is 11.1 Å². The second-order valence-corrected chi connectivity index (χ2v) is 14.2. The van der Waals surface area contributed by atoms with Crippen LogP contribution in [0.3, 0.4) is 0 Å². The smallest absolute Gasteiger partial charge is 0.410 e. The van der Waals surface area contributed by atoms with Crippen molar-refractivity contribution in [1.82, 2.24) is 14.5 Å². The summed E-state index contributed by atoms with van der Waals surface area (Å²) in [5.41, 5.74) is 2.23. The number of ether oxygens (including phenoxy) is 3. The predicted molar refractivity (Wildman–Crippen MR) is 172 cm³/mol. The number of thioether (sulfide) groups is 1. The normalized spacial score (nSPS) is 20.1. The van der Waals surface area contributed by atoms with Crippen LogP contribution >= 0.6 is 11.8 Å². The molecule has 44 heavy (non-hydrogen) atoms. The Hall–Kier alpha value is -3.15. The van der Waals surface area contributed by atoms with E-state index >= 15 is 0 Å². The molecule has 2 aliphatic heterocycles. The number of hydrogen-bond donors (Lipinski definition) is 0. The molecule has 238 valence electrons. The number of rotatable bonds is 6. The van der Waals surface area contributed by atoms with Gasteiger partial charge in [0, 0.05) is 60.9 Å². The quantitative estimate of drug-likeness (QED) is 0.343. The van der Waals surface area contributed by atoms with E-state index in [9.17, 15) is 14.0 Å². The molecule has 0 unspecified atom stereocenters. The van der Waals surface area contributed by atoms with Crippen molar-refractivity contribution in [2.24, 2.45) is 5.41 Å². The molecule has 3 heterocycles. The van der Waals surface area contributed by atoms with Crippen LogP contribution in [-0.2, 0) is 20.8 Å². The number of amides is 1. The first-order valence-corrected chi connectivity index (χ1v) is 16.0. The highest BCUT2D eigenvalue weighted by Gasteiger charge is 2.39. The van der Waals surface area contributed by atoms with Crippen molar-refractivity contribution in [2.45, 2.75) is 70.7 Å². The van der Waals surface area contributed by atoms with Crippen molar-refractivity contribution in [2.75, 3.05) is 51.2 Å². The van der Waals surface area contributed by atoms with Gasteiger partial charge in [-0.25, -0.2) is 14.0 Å². The summed E-state index contributed by atoms with van der Waals surface area (Å²) in [5.74, 6) is 0.952. The Kier molecular flexibility index (Phi) is 9.04. The maximum Gasteiger partial charge on any atom is 0.410 e. The Morgan fingerprint density at radius 3 is 2.27 bits per heavy atom. The second-order valence-electron chi connectivity index (χ2n) is 13.3. The molecule has 0 aliphatic carbocycles. The molecule has 5 rings (SSSR count). The van der Waals surface area contributed by atoms with Gasteiger partial charge in [0.25, 0.3) is 0 Å². The Labute approximate surface area is 262 Å². The Morgan fingerprint density at radius 2 is 1.70 bits per heavy atom. The number of nitrogens with zero attached hydrogens (tertiary/aromatic N) is 4. The summed E-state index contributed by atoms with van der Waals surface area (Å²) in [4.78, 5) is 36.7. The minimum atomic E-state index is -0.600. The molecule has 0 bridgehead atoms. The molecule has 0 saturated carbocycles. The van der Waals surface area contributed by atoms with Crippen LogP contribution < -0.4 is 10.6 Å². The summed E-state index contributed by atoms with van der Waals surface area (Å²) in [6.07, 6.45) is -0.345. The zero-order valence-corrected chi connectivity index (χ0v) is 27.7. The predicted octanol–water partition coefficient (Wildman–Crippen LogP) is 5.73. The van der Waals surface area contributed by atoms with Gasteiger partial charge in [-0.1, -0.05) is 12.1 Å². The molecular formula is C33H43FN4O5S. The lowest BCUT2D eigenvalue weighted by Crippen LogP contribution is -2.59. The minimum absolute atomic E-state index is 0.173. The van der Waals surface area contributed by atoms with Crippen LogP contribution in [0, 0.1) is 18.2 Å². The first kappa shape index (κ1) is 32.2. The fourth-order valence-corrected chi connectivity index (χ4v) is 8.12. The van der Waals surface area contributed by atoms with E-state index in [0.717, 1.165) is 32.5 Å². The molecule has 0 spiro atoms. The van der Waals surface area contributed by atoms with Gasteiger partial charge in [0.2, 0.25) is 0 Å². The van der Waals surface area contributed by atoms with Gasteiger partial charge in [-0.15, -0.1) is 11.8 Å². The van der Waals surface area contributed by atoms with Crippen LogP contribution in [0.1, 0.15) is 40.2 Å². The summed E-state index contributed by atoms with van der Waals surface area (Å²) in [5, 5.41) is 0.867. The van der Waals surface area contributed by atoms with Crippen LogP contribution in [-0.4, -0.2) is 84.5 Å². The molecule has 9 nitrogen and oxygen atoms in total. The molecule has 1 saturated heterocycles. The van der Waals surface area contributed by atoms with E-state index in [1.807, 2.05) is 41.5 Å². The lowest BCUT2D eigenvalue weighted by molar-refractivity contribution is 0.00560. The van der Waals surface area contributed by atoms with Crippen molar-refractivity contribution in [3.63, 3.8) is 0 Å². The number of aromatic nitrogens is 2. The van der Waals surface area contributed by atoms with Gasteiger partial charge >= 0.3 is 11.8 Å². The van der Waals surface area contributed by atoms with Gasteiger partial charge in [0.15, 0.2) is 0 Å². The van der Waals surface area contributed by atoms with E-state index in [-0.39, 0.29) is 29.7 Å². The van der Waals surface area contributed by atoms with E-state index in [0.29, 0.717) is 44.4 Å². The molecule has 1 amide bonds. The van der Waals surface area contributed by atoms with Crippen molar-refractivity contribution >= 4 is 34.6 Å². The first-order valence-electron chi connectivity index (χ1n) is 15.0. The second kappa shape index (κ2) is 12.3. The fraction of sp³-hybridized carbons (Fsp3) is 0.545. The van der Waals surface area contributed by atoms with E-state index in [4.69, 9.17) is 19.2 Å². The third-order valence-corrected chi connectivity index (χ3v) is 9.71. The standard InChI is InChI=1S/C33H43FN4O5S/c1-20-13-25-27-28(26(20)23-9-11-24(34)12-10-23)44-19-33(17-41-7,18-42-8)16-37(27)30(39)35-29(25)36-14-21(2)38(22(3)15-36)31(40)43-32(4,5)6/h9-13,21-22H,14-19H2,1-8H3/t21-,22+. The van der Waals surface area contributed by atoms with Crippen molar-refractivity contribution < 1.29 is 23.4 Å². The summed E-state index contributed by atoms with van der Waals surface area (Å²) < 4.78 is 32.8. The third kappa shape index (κ3) is 6.19. The maximum atomic E-state index is 14.0. The lowest BCUT2D eigenvalue weighted by Gasteiger charge is -2.45. The number of aryl methyl sites for hydroxylation is 1. The van der Waals surface area contributed by atoms with Crippen LogP contribution in [0.15, 0.2) is 40.0 Å². The van der Waals surface area contributed by atoms with Crippen LogP contribution in [0.4, 0.5) is 15.0 Å². The number of piperazine rings is 1. The van der Waals surface area contributed by atoms with Gasteiger partial charge in [-0.2, -0.15) is 4.98 Å². The van der Waals surface area contributed by atoms with Gasteiger partial charge < -0.3 is 19.1 Å².